The molecule has 0 atom stereocenters. The van der Waals surface area contributed by atoms with Crippen LogP contribution < -0.4 is 0 Å². The summed E-state index contributed by atoms with van der Waals surface area (Å²) in [5.41, 5.74) is 7.18. The SMILES string of the molecule is COCC1CCC(c2nc3c(-c4ccc(-c5ccccc5)nc4)cnn3c3[nH]ccc23)CC1. The summed E-state index contributed by atoms with van der Waals surface area (Å²) in [7, 11) is 1.80. The number of aromatic amines is 1. The van der Waals surface area contributed by atoms with Crippen LogP contribution >= 0.6 is 0 Å². The van der Waals surface area contributed by atoms with E-state index in [0.717, 1.165) is 53.1 Å². The molecule has 1 aromatic carbocycles. The smallest absolute Gasteiger partial charge is 0.165 e. The Hall–Kier alpha value is -3.51. The van der Waals surface area contributed by atoms with Crippen LogP contribution in [0.5, 0.6) is 0 Å². The second-order valence-corrected chi connectivity index (χ2v) is 9.00. The summed E-state index contributed by atoms with van der Waals surface area (Å²) >= 11 is 0. The van der Waals surface area contributed by atoms with Crippen molar-refractivity contribution >= 4 is 16.7 Å². The Bertz CT molecular complexity index is 1380. The van der Waals surface area contributed by atoms with Crippen LogP contribution in [-0.4, -0.2) is 38.3 Å². The highest BCUT2D eigenvalue weighted by Crippen LogP contribution is 2.39. The molecule has 5 aromatic rings. The minimum absolute atomic E-state index is 0.461. The van der Waals surface area contributed by atoms with Gasteiger partial charge in [0, 0.05) is 54.1 Å². The first kappa shape index (κ1) is 20.1. The van der Waals surface area contributed by atoms with Gasteiger partial charge in [-0.25, -0.2) is 4.98 Å². The van der Waals surface area contributed by atoms with Gasteiger partial charge in [-0.2, -0.15) is 9.61 Å². The zero-order chi connectivity index (χ0) is 22.2. The van der Waals surface area contributed by atoms with Gasteiger partial charge in [0.25, 0.3) is 0 Å². The minimum atomic E-state index is 0.461. The Labute approximate surface area is 192 Å². The van der Waals surface area contributed by atoms with Crippen LogP contribution in [0.1, 0.15) is 37.3 Å². The van der Waals surface area contributed by atoms with Crippen molar-refractivity contribution in [1.29, 1.82) is 0 Å². The Kier molecular flexibility index (Phi) is 5.15. The first-order valence-electron chi connectivity index (χ1n) is 11.7. The fourth-order valence-electron chi connectivity index (χ4n) is 5.22. The minimum Gasteiger partial charge on any atom is -0.384 e. The highest BCUT2D eigenvalue weighted by molar-refractivity contribution is 5.86. The monoisotopic (exact) mass is 437 g/mol. The van der Waals surface area contributed by atoms with Gasteiger partial charge in [0.15, 0.2) is 5.65 Å². The van der Waals surface area contributed by atoms with Crippen LogP contribution in [0.3, 0.4) is 0 Å². The quantitative estimate of drug-likeness (QED) is 0.374. The standard InChI is InChI=1S/C27H27N5O/c1-33-17-18-7-9-20(10-8-18)25-22-13-14-28-26(22)32-27(31-25)23(16-30-32)21-11-12-24(29-15-21)19-5-3-2-4-6-19/h2-6,11-16,18,20,28H,7-10,17H2,1H3. The maximum absolute atomic E-state index is 5.39. The summed E-state index contributed by atoms with van der Waals surface area (Å²) in [6.45, 7) is 0.859. The molecule has 1 N–H and O–H groups in total. The summed E-state index contributed by atoms with van der Waals surface area (Å²) in [5, 5.41) is 5.85. The van der Waals surface area contributed by atoms with E-state index < -0.39 is 0 Å². The largest absolute Gasteiger partial charge is 0.384 e. The van der Waals surface area contributed by atoms with E-state index in [2.05, 4.69) is 40.4 Å². The molecule has 6 nitrogen and oxygen atoms in total. The number of nitrogens with zero attached hydrogens (tertiary/aromatic N) is 4. The molecule has 4 aromatic heterocycles. The van der Waals surface area contributed by atoms with Gasteiger partial charge >= 0.3 is 0 Å². The van der Waals surface area contributed by atoms with Crippen molar-refractivity contribution in [3.8, 4) is 22.4 Å². The number of hydrogen-bond acceptors (Lipinski definition) is 4. The maximum Gasteiger partial charge on any atom is 0.165 e. The van der Waals surface area contributed by atoms with Gasteiger partial charge in [0.2, 0.25) is 0 Å². The van der Waals surface area contributed by atoms with Gasteiger partial charge in [-0.05, 0) is 43.7 Å². The van der Waals surface area contributed by atoms with Gasteiger partial charge in [-0.15, -0.1) is 0 Å². The lowest BCUT2D eigenvalue weighted by molar-refractivity contribution is 0.127. The Balaban J connectivity index is 1.39. The van der Waals surface area contributed by atoms with Gasteiger partial charge in [0.05, 0.1) is 17.6 Å². The van der Waals surface area contributed by atoms with Crippen LogP contribution in [-0.2, 0) is 4.74 Å². The van der Waals surface area contributed by atoms with Crippen molar-refractivity contribution in [2.45, 2.75) is 31.6 Å². The molecule has 6 rings (SSSR count). The van der Waals surface area contributed by atoms with Crippen molar-refractivity contribution < 1.29 is 4.74 Å². The number of H-pyrrole nitrogens is 1. The first-order valence-corrected chi connectivity index (χ1v) is 11.7. The zero-order valence-corrected chi connectivity index (χ0v) is 18.7. The predicted molar refractivity (Wildman–Crippen MR) is 130 cm³/mol. The van der Waals surface area contributed by atoms with E-state index in [1.54, 1.807) is 7.11 Å². The number of ether oxygens (including phenoxy) is 1. The van der Waals surface area contributed by atoms with Crippen molar-refractivity contribution in [3.63, 3.8) is 0 Å². The summed E-state index contributed by atoms with van der Waals surface area (Å²) in [6, 6.07) is 16.6. The van der Waals surface area contributed by atoms with Crippen molar-refractivity contribution in [3.05, 3.63) is 72.8 Å². The molecule has 1 aliphatic carbocycles. The van der Waals surface area contributed by atoms with Crippen LogP contribution in [0.15, 0.2) is 67.1 Å². The molecule has 6 heteroatoms. The topological polar surface area (TPSA) is 68.1 Å². The number of benzene rings is 1. The molecule has 166 valence electrons. The number of pyridine rings is 1. The molecule has 33 heavy (non-hydrogen) atoms. The number of nitrogens with one attached hydrogen (secondary N) is 1. The average Bonchev–Trinajstić information content (AvgIpc) is 3.52. The van der Waals surface area contributed by atoms with Gasteiger partial charge in [0.1, 0.15) is 5.65 Å². The second kappa shape index (κ2) is 8.45. The van der Waals surface area contributed by atoms with Crippen molar-refractivity contribution in [2.75, 3.05) is 13.7 Å². The molecule has 1 saturated carbocycles. The number of rotatable bonds is 5. The van der Waals surface area contributed by atoms with E-state index in [4.69, 9.17) is 14.7 Å². The maximum atomic E-state index is 5.39. The van der Waals surface area contributed by atoms with Crippen LogP contribution in [0.2, 0.25) is 0 Å². The van der Waals surface area contributed by atoms with Crippen molar-refractivity contribution in [2.24, 2.45) is 5.92 Å². The molecule has 1 aliphatic rings. The molecule has 0 spiro atoms. The number of fused-ring (bicyclic) bond motifs is 3. The van der Waals surface area contributed by atoms with Crippen LogP contribution in [0.4, 0.5) is 0 Å². The van der Waals surface area contributed by atoms with Crippen molar-refractivity contribution in [1.82, 2.24) is 24.6 Å². The van der Waals surface area contributed by atoms with Crippen LogP contribution in [0, 0.1) is 5.92 Å². The van der Waals surface area contributed by atoms with Crippen LogP contribution in [0.25, 0.3) is 39.1 Å². The predicted octanol–water partition coefficient (Wildman–Crippen LogP) is 5.86. The van der Waals surface area contributed by atoms with E-state index in [0.29, 0.717) is 11.8 Å². The molecule has 0 aliphatic heterocycles. The lowest BCUT2D eigenvalue weighted by atomic mass is 9.80. The first-order chi connectivity index (χ1) is 16.3. The summed E-state index contributed by atoms with van der Waals surface area (Å²) in [4.78, 5) is 13.3. The molecule has 0 saturated heterocycles. The fraction of sp³-hybridized carbons (Fsp3) is 0.296. The summed E-state index contributed by atoms with van der Waals surface area (Å²) < 4.78 is 7.32. The normalized spacial score (nSPS) is 18.8. The van der Waals surface area contributed by atoms with E-state index in [9.17, 15) is 0 Å². The number of aromatic nitrogens is 5. The van der Waals surface area contributed by atoms with E-state index in [1.807, 2.05) is 41.3 Å². The molecular weight excluding hydrogens is 410 g/mol. The molecule has 0 amide bonds. The van der Waals surface area contributed by atoms with Gasteiger partial charge in [-0.3, -0.25) is 4.98 Å². The zero-order valence-electron chi connectivity index (χ0n) is 18.7. The fourth-order valence-corrected chi connectivity index (χ4v) is 5.22. The Morgan fingerprint density at radius 2 is 1.82 bits per heavy atom. The molecule has 4 heterocycles. The third-order valence-electron chi connectivity index (χ3n) is 6.96. The third kappa shape index (κ3) is 3.60. The lowest BCUT2D eigenvalue weighted by Crippen LogP contribution is -2.18. The highest BCUT2D eigenvalue weighted by atomic mass is 16.5. The Morgan fingerprint density at radius 1 is 0.970 bits per heavy atom. The number of methoxy groups -OCH3 is 1. The van der Waals surface area contributed by atoms with E-state index >= 15 is 0 Å². The summed E-state index contributed by atoms with van der Waals surface area (Å²) in [6.07, 6.45) is 10.5. The number of hydrogen-bond donors (Lipinski definition) is 1. The molecule has 0 unspecified atom stereocenters. The lowest BCUT2D eigenvalue weighted by Gasteiger charge is -2.28. The van der Waals surface area contributed by atoms with Gasteiger partial charge < -0.3 is 9.72 Å². The summed E-state index contributed by atoms with van der Waals surface area (Å²) in [5.74, 6) is 1.12. The Morgan fingerprint density at radius 3 is 2.58 bits per heavy atom. The molecule has 1 fully saturated rings. The molecule has 0 radical (unpaired) electrons. The van der Waals surface area contributed by atoms with E-state index in [-0.39, 0.29) is 0 Å². The van der Waals surface area contributed by atoms with Gasteiger partial charge in [-0.1, -0.05) is 36.4 Å². The highest BCUT2D eigenvalue weighted by Gasteiger charge is 2.26. The molecule has 0 bridgehead atoms. The third-order valence-corrected chi connectivity index (χ3v) is 6.96. The molecular formula is C27H27N5O. The second-order valence-electron chi connectivity index (χ2n) is 9.00. The van der Waals surface area contributed by atoms with E-state index in [1.165, 1.54) is 23.9 Å². The average molecular weight is 438 g/mol.